The molecule has 0 amide bonds. The van der Waals surface area contributed by atoms with Crippen LogP contribution in [0.25, 0.3) is 0 Å². The first-order valence-electron chi connectivity index (χ1n) is 9.76. The van der Waals surface area contributed by atoms with Gasteiger partial charge in [0.1, 0.15) is 0 Å². The molecule has 9 atom stereocenters. The predicted octanol–water partition coefficient (Wildman–Crippen LogP) is 2.64. The molecule has 4 rings (SSSR count). The molecule has 0 unspecified atom stereocenters. The highest BCUT2D eigenvalue weighted by molar-refractivity contribution is 6.23. The molecule has 0 saturated heterocycles. The van der Waals surface area contributed by atoms with Crippen molar-refractivity contribution in [2.24, 2.45) is 28.6 Å². The average Bonchev–Trinajstić information content (AvgIpc) is 2.81. The van der Waals surface area contributed by atoms with E-state index in [0.29, 0.717) is 12.0 Å². The van der Waals surface area contributed by atoms with Crippen molar-refractivity contribution in [3.05, 3.63) is 23.8 Å². The predicted molar refractivity (Wildman–Crippen MR) is 101 cm³/mol. The number of carboxylic acid groups (broad SMARTS) is 1. The molecule has 3 saturated carbocycles. The van der Waals surface area contributed by atoms with Crippen LogP contribution in [0.5, 0.6) is 0 Å². The average molecular weight is 413 g/mol. The molecule has 28 heavy (non-hydrogen) atoms. The molecule has 0 bridgehead atoms. The van der Waals surface area contributed by atoms with Gasteiger partial charge < -0.3 is 15.3 Å². The molecule has 4 aliphatic carbocycles. The van der Waals surface area contributed by atoms with Crippen molar-refractivity contribution in [2.45, 2.75) is 62.8 Å². The van der Waals surface area contributed by atoms with Gasteiger partial charge >= 0.3 is 5.97 Å². The molecule has 0 heterocycles. The first-order chi connectivity index (χ1) is 12.8. The zero-order chi connectivity index (χ0) is 20.9. The van der Waals surface area contributed by atoms with E-state index in [1.54, 1.807) is 20.8 Å². The number of aliphatic hydroxyl groups excluding tert-OH is 1. The molecule has 7 heteroatoms. The molecule has 154 valence electrons. The third kappa shape index (κ3) is 1.99. The van der Waals surface area contributed by atoms with E-state index < -0.39 is 57.3 Å². The molecule has 0 aromatic carbocycles. The van der Waals surface area contributed by atoms with Gasteiger partial charge in [-0.1, -0.05) is 19.9 Å². The van der Waals surface area contributed by atoms with Crippen LogP contribution in [0.4, 0.5) is 4.39 Å². The Morgan fingerprint density at radius 3 is 2.54 bits per heavy atom. The summed E-state index contributed by atoms with van der Waals surface area (Å²) in [7, 11) is 0. The van der Waals surface area contributed by atoms with E-state index in [0.717, 1.165) is 0 Å². The van der Waals surface area contributed by atoms with Crippen LogP contribution in [0.2, 0.25) is 0 Å². The standard InChI is InChI=1S/C21H26ClFO5/c1-10-6-12-13-8-15(22)14-7-11(24)4-5-18(14,2)20(13,23)16(25)9-19(12,3)21(10,28)17(26)27/h4-5,7,10,12-13,15-16,25,28H,6,8-9H2,1-3H3,(H,26,27)/t10-,12+,13+,15+,16+,18+,19+,20+,21+/m1/s1. The summed E-state index contributed by atoms with van der Waals surface area (Å²) in [5.74, 6) is -3.37. The lowest BCUT2D eigenvalue weighted by atomic mass is 9.44. The third-order valence-electron chi connectivity index (χ3n) is 8.54. The Hall–Kier alpha value is -1.24. The Morgan fingerprint density at radius 1 is 1.29 bits per heavy atom. The summed E-state index contributed by atoms with van der Waals surface area (Å²) in [6.45, 7) is 4.96. The maximum absolute atomic E-state index is 16.9. The highest BCUT2D eigenvalue weighted by atomic mass is 35.5. The molecular formula is C21H26ClFO5. The van der Waals surface area contributed by atoms with Crippen molar-refractivity contribution in [2.75, 3.05) is 0 Å². The number of carbonyl (C=O) groups excluding carboxylic acids is 1. The number of alkyl halides is 2. The molecule has 0 aliphatic heterocycles. The van der Waals surface area contributed by atoms with Crippen LogP contribution in [-0.2, 0) is 9.59 Å². The van der Waals surface area contributed by atoms with Crippen molar-refractivity contribution >= 4 is 23.4 Å². The summed E-state index contributed by atoms with van der Waals surface area (Å²) in [5.41, 5.74) is -6.13. The van der Waals surface area contributed by atoms with E-state index in [-0.39, 0.29) is 18.6 Å². The van der Waals surface area contributed by atoms with E-state index in [2.05, 4.69) is 0 Å². The first kappa shape index (κ1) is 20.0. The molecule has 0 radical (unpaired) electrons. The van der Waals surface area contributed by atoms with Gasteiger partial charge in [-0.2, -0.15) is 0 Å². The second-order valence-electron chi connectivity index (χ2n) is 9.57. The smallest absolute Gasteiger partial charge is 0.336 e. The second-order valence-corrected chi connectivity index (χ2v) is 10.1. The number of hydrogen-bond acceptors (Lipinski definition) is 4. The second kappa shape index (κ2) is 5.67. The monoisotopic (exact) mass is 412 g/mol. The summed E-state index contributed by atoms with van der Waals surface area (Å²) in [4.78, 5) is 23.9. The van der Waals surface area contributed by atoms with Gasteiger partial charge in [-0.25, -0.2) is 9.18 Å². The van der Waals surface area contributed by atoms with Crippen molar-refractivity contribution < 1.29 is 29.3 Å². The van der Waals surface area contributed by atoms with Crippen LogP contribution in [0, 0.1) is 28.6 Å². The maximum Gasteiger partial charge on any atom is 0.336 e. The largest absolute Gasteiger partial charge is 0.479 e. The minimum Gasteiger partial charge on any atom is -0.479 e. The molecular weight excluding hydrogens is 387 g/mol. The molecule has 0 aromatic rings. The quantitative estimate of drug-likeness (QED) is 0.575. The number of carboxylic acids is 1. The van der Waals surface area contributed by atoms with E-state index >= 15 is 4.39 Å². The third-order valence-corrected chi connectivity index (χ3v) is 8.95. The zero-order valence-electron chi connectivity index (χ0n) is 16.2. The van der Waals surface area contributed by atoms with Gasteiger partial charge in [-0.05, 0) is 55.7 Å². The highest BCUT2D eigenvalue weighted by Crippen LogP contribution is 2.71. The zero-order valence-corrected chi connectivity index (χ0v) is 16.9. The number of allylic oxidation sites excluding steroid dienone is 4. The van der Waals surface area contributed by atoms with E-state index in [9.17, 15) is 24.9 Å². The van der Waals surface area contributed by atoms with Crippen molar-refractivity contribution in [3.63, 3.8) is 0 Å². The normalized spacial score (nSPS) is 55.2. The SMILES string of the molecule is C[C@@H]1C[C@H]2[C@@H]3C[C@H](Cl)C4=CC(=O)C=C[C@]4(C)[C@@]3(F)[C@@H](O)C[C@]2(C)[C@@]1(O)C(=O)O. The summed E-state index contributed by atoms with van der Waals surface area (Å²) in [5, 5.41) is 31.4. The van der Waals surface area contributed by atoms with Gasteiger partial charge in [0.2, 0.25) is 0 Å². The molecule has 0 aromatic heterocycles. The van der Waals surface area contributed by atoms with E-state index in [1.165, 1.54) is 18.2 Å². The maximum atomic E-state index is 16.9. The fraction of sp³-hybridized carbons (Fsp3) is 0.714. The van der Waals surface area contributed by atoms with Crippen molar-refractivity contribution in [3.8, 4) is 0 Å². The molecule has 3 N–H and O–H groups in total. The van der Waals surface area contributed by atoms with Crippen LogP contribution < -0.4 is 0 Å². The van der Waals surface area contributed by atoms with Gasteiger partial charge in [0.15, 0.2) is 17.1 Å². The Bertz CT molecular complexity index is 826. The summed E-state index contributed by atoms with van der Waals surface area (Å²) in [6, 6.07) is 0. The van der Waals surface area contributed by atoms with Crippen LogP contribution in [0.3, 0.4) is 0 Å². The number of rotatable bonds is 1. The fourth-order valence-electron chi connectivity index (χ4n) is 7.00. The number of ketones is 1. The topological polar surface area (TPSA) is 94.8 Å². The summed E-state index contributed by atoms with van der Waals surface area (Å²) >= 11 is 6.60. The first-order valence-corrected chi connectivity index (χ1v) is 10.2. The molecule has 5 nitrogen and oxygen atoms in total. The Labute approximate surface area is 168 Å². The van der Waals surface area contributed by atoms with E-state index in [1.807, 2.05) is 0 Å². The number of aliphatic carboxylic acids is 1. The lowest BCUT2D eigenvalue weighted by Gasteiger charge is -2.63. The number of fused-ring (bicyclic) bond motifs is 5. The Morgan fingerprint density at radius 2 is 1.93 bits per heavy atom. The Balaban J connectivity index is 1.88. The summed E-state index contributed by atoms with van der Waals surface area (Å²) in [6.07, 6.45) is 3.02. The molecule has 3 fully saturated rings. The van der Waals surface area contributed by atoms with Crippen LogP contribution in [-0.4, -0.2) is 49.8 Å². The number of halogens is 2. The molecule has 4 aliphatic rings. The highest BCUT2D eigenvalue weighted by Gasteiger charge is 2.76. The lowest BCUT2D eigenvalue weighted by Crippen LogP contribution is -2.70. The minimum absolute atomic E-state index is 0.171. The summed E-state index contributed by atoms with van der Waals surface area (Å²) < 4.78 is 16.9. The Kier molecular flexibility index (Phi) is 4.06. The van der Waals surface area contributed by atoms with Gasteiger partial charge in [0, 0.05) is 16.7 Å². The van der Waals surface area contributed by atoms with Gasteiger partial charge in [-0.3, -0.25) is 4.79 Å². The van der Waals surface area contributed by atoms with Crippen LogP contribution in [0.1, 0.15) is 40.0 Å². The number of hydrogen-bond donors (Lipinski definition) is 3. The van der Waals surface area contributed by atoms with Gasteiger partial charge in [-0.15, -0.1) is 11.6 Å². The van der Waals surface area contributed by atoms with Gasteiger partial charge in [0.05, 0.1) is 11.5 Å². The van der Waals surface area contributed by atoms with Crippen molar-refractivity contribution in [1.29, 1.82) is 0 Å². The van der Waals surface area contributed by atoms with Gasteiger partial charge in [0.25, 0.3) is 0 Å². The fourth-order valence-corrected chi connectivity index (χ4v) is 7.48. The van der Waals surface area contributed by atoms with Crippen molar-refractivity contribution in [1.82, 2.24) is 0 Å². The molecule has 0 spiro atoms. The van der Waals surface area contributed by atoms with Crippen LogP contribution in [0.15, 0.2) is 23.8 Å². The van der Waals surface area contributed by atoms with Crippen LogP contribution >= 0.6 is 11.6 Å². The number of carbonyl (C=O) groups is 2. The lowest BCUT2D eigenvalue weighted by molar-refractivity contribution is -0.225. The number of aliphatic hydroxyl groups is 2. The minimum atomic E-state index is -2.10. The van der Waals surface area contributed by atoms with E-state index in [4.69, 9.17) is 11.6 Å².